The fraction of sp³-hybridized carbons (Fsp3) is 0.192. The van der Waals surface area contributed by atoms with Crippen molar-refractivity contribution in [2.75, 3.05) is 0 Å². The monoisotopic (exact) mass is 635 g/mol. The van der Waals surface area contributed by atoms with Gasteiger partial charge < -0.3 is 4.74 Å². The molecule has 0 atom stereocenters. The third-order valence-corrected chi connectivity index (χ3v) is 6.73. The molecule has 0 saturated carbocycles. The number of nitrogens with zero attached hydrogens (tertiary/aromatic N) is 3. The third kappa shape index (κ3) is 5.97. The second kappa shape index (κ2) is 10.4. The van der Waals surface area contributed by atoms with Gasteiger partial charge in [-0.05, 0) is 69.5 Å². The summed E-state index contributed by atoms with van der Waals surface area (Å²) in [6.45, 7) is 6.31. The van der Waals surface area contributed by atoms with Gasteiger partial charge in [0.05, 0.1) is 26.6 Å². The van der Waals surface area contributed by atoms with E-state index in [1.54, 1.807) is 18.3 Å². The largest absolute Gasteiger partial charge is 0.486 e. The first-order valence-electron chi connectivity index (χ1n) is 10.7. The summed E-state index contributed by atoms with van der Waals surface area (Å²) < 4.78 is 8.74. The van der Waals surface area contributed by atoms with Crippen LogP contribution >= 0.6 is 55.1 Å². The van der Waals surface area contributed by atoms with Crippen molar-refractivity contribution in [3.05, 3.63) is 101 Å². The quantitative estimate of drug-likeness (QED) is 0.209. The number of aromatic nitrogens is 2. The molecule has 0 spiro atoms. The number of hydrogen-bond donors (Lipinski definition) is 0. The van der Waals surface area contributed by atoms with Crippen molar-refractivity contribution in [3.63, 3.8) is 0 Å². The van der Waals surface area contributed by atoms with E-state index in [1.165, 1.54) is 4.68 Å². The topological polar surface area (TPSA) is 56.5 Å². The number of halogens is 4. The van der Waals surface area contributed by atoms with Crippen LogP contribution < -0.4 is 10.3 Å². The Kier molecular flexibility index (Phi) is 7.71. The summed E-state index contributed by atoms with van der Waals surface area (Å²) >= 11 is 19.4. The summed E-state index contributed by atoms with van der Waals surface area (Å²) in [6, 6.07) is 16.4. The molecule has 0 N–H and O–H groups in total. The zero-order valence-corrected chi connectivity index (χ0v) is 23.8. The summed E-state index contributed by atoms with van der Waals surface area (Å²) in [5.74, 6) is 1.07. The van der Waals surface area contributed by atoms with Gasteiger partial charge in [-0.25, -0.2) is 4.98 Å². The molecule has 35 heavy (non-hydrogen) atoms. The number of hydrogen-bond acceptors (Lipinski definition) is 4. The maximum Gasteiger partial charge on any atom is 0.282 e. The van der Waals surface area contributed by atoms with Crippen LogP contribution in [0.15, 0.2) is 73.4 Å². The highest BCUT2D eigenvalue weighted by Gasteiger charge is 2.23. The van der Waals surface area contributed by atoms with Crippen LogP contribution in [0, 0.1) is 0 Å². The van der Waals surface area contributed by atoms with Crippen LogP contribution in [0.25, 0.3) is 10.9 Å². The minimum Gasteiger partial charge on any atom is -0.486 e. The predicted octanol–water partition coefficient (Wildman–Crippen LogP) is 7.99. The smallest absolute Gasteiger partial charge is 0.282 e. The van der Waals surface area contributed by atoms with Crippen molar-refractivity contribution >= 4 is 72.2 Å². The summed E-state index contributed by atoms with van der Waals surface area (Å²) in [7, 11) is 0. The lowest BCUT2D eigenvalue weighted by Gasteiger charge is -2.20. The number of benzene rings is 3. The first kappa shape index (κ1) is 25.9. The lowest BCUT2D eigenvalue weighted by Crippen LogP contribution is -2.29. The van der Waals surface area contributed by atoms with Gasteiger partial charge in [0.15, 0.2) is 5.75 Å². The number of fused-ring (bicyclic) bond motifs is 1. The molecule has 0 saturated heterocycles. The Morgan fingerprint density at radius 2 is 1.77 bits per heavy atom. The molecule has 0 bridgehead atoms. The van der Waals surface area contributed by atoms with Crippen molar-refractivity contribution in [2.45, 2.75) is 32.8 Å². The van der Waals surface area contributed by atoms with Crippen LogP contribution in [-0.2, 0) is 12.0 Å². The minimum atomic E-state index is -0.407. The van der Waals surface area contributed by atoms with Gasteiger partial charge in [-0.2, -0.15) is 9.78 Å². The molecule has 4 rings (SSSR count). The zero-order chi connectivity index (χ0) is 25.3. The second-order valence-corrected chi connectivity index (χ2v) is 11.6. The summed E-state index contributed by atoms with van der Waals surface area (Å²) in [6.07, 6.45) is 1.59. The normalized spacial score (nSPS) is 12.0. The maximum atomic E-state index is 13.3. The van der Waals surface area contributed by atoms with E-state index in [2.05, 4.69) is 37.0 Å². The first-order chi connectivity index (χ1) is 16.5. The molecule has 3 aromatic carbocycles. The standard InChI is InChI=1S/C26H21Br2Cl2N3O2/c1-26(2,3)25-32-22-9-6-17(27)12-19(22)24(34)33(25)31-13-16-10-20(28)23(21(30)11-16)35-14-15-4-7-18(29)8-5-15/h4-13H,14H2,1-3H3. The van der Waals surface area contributed by atoms with Gasteiger partial charge in [-0.1, -0.05) is 72.0 Å². The van der Waals surface area contributed by atoms with Gasteiger partial charge in [0, 0.05) is 14.9 Å². The van der Waals surface area contributed by atoms with Gasteiger partial charge in [0.2, 0.25) is 0 Å². The van der Waals surface area contributed by atoms with E-state index >= 15 is 0 Å². The Labute approximate surface area is 230 Å². The van der Waals surface area contributed by atoms with E-state index in [1.807, 2.05) is 63.2 Å². The van der Waals surface area contributed by atoms with Crippen LogP contribution in [-0.4, -0.2) is 15.9 Å². The van der Waals surface area contributed by atoms with Crippen molar-refractivity contribution in [3.8, 4) is 5.75 Å². The molecule has 0 radical (unpaired) electrons. The predicted molar refractivity (Wildman–Crippen MR) is 150 cm³/mol. The minimum absolute atomic E-state index is 0.245. The molecule has 1 heterocycles. The molecule has 180 valence electrons. The van der Waals surface area contributed by atoms with Crippen LogP contribution in [0.4, 0.5) is 0 Å². The SMILES string of the molecule is CC(C)(C)c1nc2ccc(Br)cc2c(=O)n1N=Cc1cc(Cl)c(OCc2ccc(Cl)cc2)c(Br)c1. The maximum absolute atomic E-state index is 13.3. The molecule has 0 aliphatic rings. The van der Waals surface area contributed by atoms with E-state index in [0.29, 0.717) is 49.2 Å². The Balaban J connectivity index is 1.68. The van der Waals surface area contributed by atoms with Crippen LogP contribution in [0.3, 0.4) is 0 Å². The molecule has 9 heteroatoms. The molecule has 0 fully saturated rings. The second-order valence-electron chi connectivity index (χ2n) is 8.94. The van der Waals surface area contributed by atoms with Crippen LogP contribution in [0.1, 0.15) is 37.7 Å². The molecule has 0 unspecified atom stereocenters. The Morgan fingerprint density at radius 1 is 1.06 bits per heavy atom. The lowest BCUT2D eigenvalue weighted by molar-refractivity contribution is 0.304. The fourth-order valence-corrected chi connectivity index (χ4v) is 4.87. The average Bonchev–Trinajstić information content (AvgIpc) is 2.78. The van der Waals surface area contributed by atoms with Crippen molar-refractivity contribution in [1.29, 1.82) is 0 Å². The van der Waals surface area contributed by atoms with Crippen LogP contribution in [0.2, 0.25) is 10.0 Å². The summed E-state index contributed by atoms with van der Waals surface area (Å²) in [4.78, 5) is 18.1. The van der Waals surface area contributed by atoms with Crippen LogP contribution in [0.5, 0.6) is 5.75 Å². The Hall–Kier alpha value is -2.19. The van der Waals surface area contributed by atoms with Gasteiger partial charge in [0.25, 0.3) is 5.56 Å². The number of ether oxygens (including phenoxy) is 1. The first-order valence-corrected chi connectivity index (χ1v) is 13.0. The fourth-order valence-electron chi connectivity index (χ4n) is 3.39. The van der Waals surface area contributed by atoms with Gasteiger partial charge in [-0.3, -0.25) is 4.79 Å². The van der Waals surface area contributed by atoms with E-state index in [9.17, 15) is 4.79 Å². The Morgan fingerprint density at radius 3 is 2.43 bits per heavy atom. The highest BCUT2D eigenvalue weighted by atomic mass is 79.9. The Bertz CT molecular complexity index is 1470. The third-order valence-electron chi connectivity index (χ3n) is 5.12. The van der Waals surface area contributed by atoms with Gasteiger partial charge in [0.1, 0.15) is 12.4 Å². The zero-order valence-electron chi connectivity index (χ0n) is 19.2. The average molecular weight is 638 g/mol. The molecular weight excluding hydrogens is 617 g/mol. The van der Waals surface area contributed by atoms with E-state index in [-0.39, 0.29) is 5.56 Å². The van der Waals surface area contributed by atoms with Gasteiger partial charge in [-0.15, -0.1) is 0 Å². The van der Waals surface area contributed by atoms with Crippen molar-refractivity contribution < 1.29 is 4.74 Å². The van der Waals surface area contributed by atoms with Gasteiger partial charge >= 0.3 is 0 Å². The molecule has 1 aromatic heterocycles. The lowest BCUT2D eigenvalue weighted by atomic mass is 9.95. The van der Waals surface area contributed by atoms with E-state index in [4.69, 9.17) is 32.9 Å². The molecule has 0 aliphatic carbocycles. The highest BCUT2D eigenvalue weighted by Crippen LogP contribution is 2.35. The number of rotatable bonds is 5. The van der Waals surface area contributed by atoms with E-state index in [0.717, 1.165) is 10.0 Å². The summed E-state index contributed by atoms with van der Waals surface area (Å²) in [5.41, 5.74) is 1.64. The molecule has 0 aliphatic heterocycles. The molecule has 4 aromatic rings. The molecular formula is C26H21Br2Cl2N3O2. The molecule has 0 amide bonds. The summed E-state index contributed by atoms with van der Waals surface area (Å²) in [5, 5.41) is 6.07. The van der Waals surface area contributed by atoms with E-state index < -0.39 is 5.41 Å². The van der Waals surface area contributed by atoms with Crippen molar-refractivity contribution in [1.82, 2.24) is 9.66 Å². The van der Waals surface area contributed by atoms with Crippen molar-refractivity contribution in [2.24, 2.45) is 5.10 Å². The highest BCUT2D eigenvalue weighted by molar-refractivity contribution is 9.10. The molecule has 5 nitrogen and oxygen atoms in total.